The molecule has 4 heteroatoms. The first-order valence-corrected chi connectivity index (χ1v) is 7.73. The van der Waals surface area contributed by atoms with Crippen molar-refractivity contribution in [2.24, 2.45) is 5.41 Å². The molecule has 16 heavy (non-hydrogen) atoms. The molecule has 4 unspecified atom stereocenters. The molecule has 0 N–H and O–H groups in total. The van der Waals surface area contributed by atoms with Crippen molar-refractivity contribution in [3.05, 3.63) is 0 Å². The predicted octanol–water partition coefficient (Wildman–Crippen LogP) is 0.513. The fourth-order valence-corrected chi connectivity index (χ4v) is 4.30. The van der Waals surface area contributed by atoms with Crippen LogP contribution in [0.1, 0.15) is 26.2 Å². The van der Waals surface area contributed by atoms with E-state index in [2.05, 4.69) is 6.92 Å². The summed E-state index contributed by atoms with van der Waals surface area (Å²) in [6.45, 7) is 4.87. The summed E-state index contributed by atoms with van der Waals surface area (Å²) in [5, 5.41) is 0. The molecule has 92 valence electrons. The van der Waals surface area contributed by atoms with Gasteiger partial charge < -0.3 is 14.2 Å². The second kappa shape index (κ2) is 4.09. The van der Waals surface area contributed by atoms with E-state index in [-0.39, 0.29) is 0 Å². The van der Waals surface area contributed by atoms with E-state index in [9.17, 15) is 0 Å². The van der Waals surface area contributed by atoms with E-state index in [1.807, 2.05) is 0 Å². The number of hydrogen-bond acceptors (Lipinski definition) is 3. The average molecular weight is 242 g/mol. The molecular formula is C12H22O3Si. The molecule has 0 amide bonds. The molecule has 0 aliphatic carbocycles. The first-order valence-electron chi connectivity index (χ1n) is 6.57. The molecule has 3 aliphatic rings. The molecule has 0 spiro atoms. The topological polar surface area (TPSA) is 27.7 Å². The number of hydrogen-bond donors (Lipinski definition) is 0. The Balaban J connectivity index is 1.52. The summed E-state index contributed by atoms with van der Waals surface area (Å²) in [5.41, 5.74) is 1.14. The Hall–Kier alpha value is 0.0969. The van der Waals surface area contributed by atoms with Gasteiger partial charge in [0.15, 0.2) is 0 Å². The summed E-state index contributed by atoms with van der Waals surface area (Å²) in [6.07, 6.45) is 4.89. The van der Waals surface area contributed by atoms with Gasteiger partial charge in [-0.05, 0) is 18.4 Å². The lowest BCUT2D eigenvalue weighted by molar-refractivity contribution is -0.164. The van der Waals surface area contributed by atoms with Crippen LogP contribution in [0.5, 0.6) is 0 Å². The lowest BCUT2D eigenvalue weighted by atomic mass is 9.84. The molecule has 3 saturated heterocycles. The van der Waals surface area contributed by atoms with E-state index in [0.717, 1.165) is 31.8 Å². The first-order chi connectivity index (χ1) is 7.72. The van der Waals surface area contributed by atoms with Crippen LogP contribution in [0.15, 0.2) is 0 Å². The molecule has 3 rings (SSSR count). The molecule has 3 aliphatic heterocycles. The van der Waals surface area contributed by atoms with Crippen LogP contribution in [0.2, 0.25) is 5.54 Å². The molecular weight excluding hydrogens is 220 g/mol. The maximum absolute atomic E-state index is 6.12. The molecule has 0 radical (unpaired) electrons. The fraction of sp³-hybridized carbons (Fsp3) is 1.00. The molecule has 0 aromatic rings. The van der Waals surface area contributed by atoms with Gasteiger partial charge in [-0.15, -0.1) is 0 Å². The van der Waals surface area contributed by atoms with Crippen molar-refractivity contribution in [2.45, 2.75) is 50.0 Å². The molecule has 0 saturated carbocycles. The second-order valence-electron chi connectivity index (χ2n) is 5.87. The molecule has 3 heterocycles. The van der Waals surface area contributed by atoms with Gasteiger partial charge in [0.25, 0.3) is 0 Å². The highest BCUT2D eigenvalue weighted by Gasteiger charge is 2.47. The van der Waals surface area contributed by atoms with E-state index in [0.29, 0.717) is 23.7 Å². The highest BCUT2D eigenvalue weighted by molar-refractivity contribution is 6.12. The summed E-state index contributed by atoms with van der Waals surface area (Å²) >= 11 is 0. The molecule has 4 atom stereocenters. The number of fused-ring (bicyclic) bond motifs is 2. The van der Waals surface area contributed by atoms with Gasteiger partial charge in [-0.1, -0.05) is 6.92 Å². The van der Waals surface area contributed by atoms with Crippen LogP contribution in [0.25, 0.3) is 0 Å². The van der Waals surface area contributed by atoms with Gasteiger partial charge in [0, 0.05) is 22.1 Å². The monoisotopic (exact) mass is 242 g/mol. The third-order valence-corrected chi connectivity index (χ3v) is 5.71. The molecule has 2 bridgehead atoms. The summed E-state index contributed by atoms with van der Waals surface area (Å²) in [5.74, 6) is 0. The van der Waals surface area contributed by atoms with Gasteiger partial charge in [0.1, 0.15) is 0 Å². The quantitative estimate of drug-likeness (QED) is 0.673. The van der Waals surface area contributed by atoms with Crippen LogP contribution < -0.4 is 0 Å². The Labute approximate surface area is 100 Å². The zero-order valence-electron chi connectivity index (χ0n) is 10.3. The third kappa shape index (κ3) is 1.76. The highest BCUT2D eigenvalue weighted by atomic mass is 28.1. The SMILES string of the molecule is CCC1(COC2CC3CC([SiH3])C2O3)COC1. The zero-order chi connectivity index (χ0) is 11.2. The van der Waals surface area contributed by atoms with Crippen LogP contribution in [-0.2, 0) is 14.2 Å². The summed E-state index contributed by atoms with van der Waals surface area (Å²) in [4.78, 5) is 0. The molecule has 3 fully saturated rings. The van der Waals surface area contributed by atoms with E-state index < -0.39 is 0 Å². The maximum atomic E-state index is 6.12. The van der Waals surface area contributed by atoms with Gasteiger partial charge in [-0.3, -0.25) is 0 Å². The van der Waals surface area contributed by atoms with Crippen LogP contribution in [0.3, 0.4) is 0 Å². The molecule has 3 nitrogen and oxygen atoms in total. The zero-order valence-corrected chi connectivity index (χ0v) is 12.3. The van der Waals surface area contributed by atoms with Gasteiger partial charge in [-0.25, -0.2) is 0 Å². The summed E-state index contributed by atoms with van der Waals surface area (Å²) in [7, 11) is 1.25. The number of ether oxygens (including phenoxy) is 3. The van der Waals surface area contributed by atoms with Gasteiger partial charge in [-0.2, -0.15) is 0 Å². The average Bonchev–Trinajstić information content (AvgIpc) is 2.75. The molecule has 0 aromatic carbocycles. The van der Waals surface area contributed by atoms with Crippen molar-refractivity contribution in [2.75, 3.05) is 19.8 Å². The van der Waals surface area contributed by atoms with E-state index in [1.54, 1.807) is 0 Å². The summed E-state index contributed by atoms with van der Waals surface area (Å²) in [6, 6.07) is 0. The largest absolute Gasteiger partial charge is 0.380 e. The lowest BCUT2D eigenvalue weighted by Crippen LogP contribution is -2.47. The Morgan fingerprint density at radius 3 is 2.69 bits per heavy atom. The Kier molecular flexibility index (Phi) is 2.86. The van der Waals surface area contributed by atoms with E-state index >= 15 is 0 Å². The van der Waals surface area contributed by atoms with Gasteiger partial charge in [0.2, 0.25) is 0 Å². The lowest BCUT2D eigenvalue weighted by Gasteiger charge is -2.41. The Bertz CT molecular complexity index is 261. The normalized spacial score (nSPS) is 44.8. The summed E-state index contributed by atoms with van der Waals surface area (Å²) < 4.78 is 17.4. The maximum Gasteiger partial charge on any atom is 0.0861 e. The Morgan fingerprint density at radius 1 is 1.38 bits per heavy atom. The third-order valence-electron chi connectivity index (χ3n) is 4.58. The van der Waals surface area contributed by atoms with Crippen LogP contribution in [-0.4, -0.2) is 48.4 Å². The van der Waals surface area contributed by atoms with Crippen molar-refractivity contribution in [3.63, 3.8) is 0 Å². The molecule has 0 aromatic heterocycles. The van der Waals surface area contributed by atoms with Crippen molar-refractivity contribution in [3.8, 4) is 0 Å². The van der Waals surface area contributed by atoms with Crippen LogP contribution in [0, 0.1) is 5.41 Å². The standard InChI is InChI=1S/C12H22O3Si/c1-2-12(5-13-6-12)7-14-9-3-8-4-10(16)11(9)15-8/h8-11H,2-7H2,1,16H3. The van der Waals surface area contributed by atoms with Crippen molar-refractivity contribution >= 4 is 10.2 Å². The Morgan fingerprint density at radius 2 is 2.19 bits per heavy atom. The number of rotatable bonds is 4. The van der Waals surface area contributed by atoms with Crippen molar-refractivity contribution in [1.29, 1.82) is 0 Å². The first kappa shape index (κ1) is 11.2. The predicted molar refractivity (Wildman–Crippen MR) is 64.9 cm³/mol. The van der Waals surface area contributed by atoms with E-state index in [4.69, 9.17) is 14.2 Å². The van der Waals surface area contributed by atoms with Crippen molar-refractivity contribution in [1.82, 2.24) is 0 Å². The minimum Gasteiger partial charge on any atom is -0.380 e. The van der Waals surface area contributed by atoms with Crippen LogP contribution in [0.4, 0.5) is 0 Å². The van der Waals surface area contributed by atoms with Crippen LogP contribution >= 0.6 is 0 Å². The van der Waals surface area contributed by atoms with Crippen molar-refractivity contribution < 1.29 is 14.2 Å². The second-order valence-corrected chi connectivity index (χ2v) is 7.35. The van der Waals surface area contributed by atoms with Gasteiger partial charge in [0.05, 0.1) is 38.1 Å². The highest BCUT2D eigenvalue weighted by Crippen LogP contribution is 2.43. The van der Waals surface area contributed by atoms with Gasteiger partial charge >= 0.3 is 0 Å². The fourth-order valence-electron chi connectivity index (χ4n) is 3.19. The smallest absolute Gasteiger partial charge is 0.0861 e. The minimum atomic E-state index is 0.322. The van der Waals surface area contributed by atoms with E-state index in [1.165, 1.54) is 23.1 Å². The minimum absolute atomic E-state index is 0.322.